The van der Waals surface area contributed by atoms with Gasteiger partial charge in [0, 0.05) is 12.6 Å². The molecule has 0 aromatic heterocycles. The summed E-state index contributed by atoms with van der Waals surface area (Å²) in [5, 5.41) is 5.43. The average molecular weight is 508 g/mol. The van der Waals surface area contributed by atoms with Crippen LogP contribution < -0.4 is 10.6 Å². The number of allylic oxidation sites excluding steroid dienone is 3. The predicted molar refractivity (Wildman–Crippen MR) is 140 cm³/mol. The number of carbonyl (C=O) groups is 2. The van der Waals surface area contributed by atoms with Gasteiger partial charge in [0.25, 0.3) is 0 Å². The number of nitrogens with one attached hydrogen (secondary N) is 2. The van der Waals surface area contributed by atoms with Crippen LogP contribution in [0.15, 0.2) is 35.6 Å². The minimum Gasteiger partial charge on any atom is -0.492 e. The Morgan fingerprint density at radius 2 is 1.83 bits per heavy atom. The molecular weight excluding hydrogens is 462 g/mol. The summed E-state index contributed by atoms with van der Waals surface area (Å²) in [5.74, 6) is 1.07. The van der Waals surface area contributed by atoms with E-state index in [1.54, 1.807) is 20.8 Å². The molecule has 0 aromatic rings. The molecule has 2 rings (SSSR count). The molecule has 0 spiro atoms. The molecule has 1 heterocycles. The number of likely N-dealkylation sites (N-methyl/N-ethyl adjacent to an activating group) is 1. The normalized spacial score (nSPS) is 20.7. The van der Waals surface area contributed by atoms with Crippen molar-refractivity contribution in [2.75, 3.05) is 59.7 Å². The highest BCUT2D eigenvalue weighted by Gasteiger charge is 2.24. The molecule has 0 radical (unpaired) electrons. The van der Waals surface area contributed by atoms with E-state index in [-0.39, 0.29) is 19.1 Å². The largest absolute Gasteiger partial charge is 0.492 e. The standard InChI is InChI=1S/C27H45N3O6/c1-21-8-6-9-22(24-10-7-13-30(24)5)19-23(18-21)35-15-12-28-25(31)20-34-17-16-33-14-11-29-26(32)36-27(2,3)4/h6,9,18-19,21,24H,7-8,10-17,20H2,1-5H3,(H,28,31)(H,29,32)/t21-,24+/m1/s1. The summed E-state index contributed by atoms with van der Waals surface area (Å²) in [6.45, 7) is 10.8. The van der Waals surface area contributed by atoms with E-state index in [2.05, 4.69) is 53.8 Å². The van der Waals surface area contributed by atoms with Crippen molar-refractivity contribution in [2.24, 2.45) is 5.92 Å². The Balaban J connectivity index is 1.56. The van der Waals surface area contributed by atoms with E-state index in [1.165, 1.54) is 18.4 Å². The zero-order valence-corrected chi connectivity index (χ0v) is 22.6. The Hall–Kier alpha value is -2.36. The minimum absolute atomic E-state index is 0.0396. The van der Waals surface area contributed by atoms with Gasteiger partial charge in [-0.2, -0.15) is 0 Å². The number of likely N-dealkylation sites (tertiary alicyclic amines) is 1. The third kappa shape index (κ3) is 12.6. The molecule has 204 valence electrons. The van der Waals surface area contributed by atoms with Gasteiger partial charge in [-0.1, -0.05) is 19.1 Å². The Morgan fingerprint density at radius 3 is 2.56 bits per heavy atom. The van der Waals surface area contributed by atoms with E-state index in [0.717, 1.165) is 18.7 Å². The zero-order valence-electron chi connectivity index (χ0n) is 22.6. The van der Waals surface area contributed by atoms with Crippen LogP contribution >= 0.6 is 0 Å². The van der Waals surface area contributed by atoms with Gasteiger partial charge >= 0.3 is 6.09 Å². The first-order valence-corrected chi connectivity index (χ1v) is 13.0. The summed E-state index contributed by atoms with van der Waals surface area (Å²) in [6.07, 6.45) is 11.7. The van der Waals surface area contributed by atoms with Gasteiger partial charge in [-0.3, -0.25) is 9.69 Å². The topological polar surface area (TPSA) is 98.4 Å². The zero-order chi connectivity index (χ0) is 26.4. The van der Waals surface area contributed by atoms with Crippen molar-refractivity contribution in [3.05, 3.63) is 35.6 Å². The summed E-state index contributed by atoms with van der Waals surface area (Å²) >= 11 is 0. The molecule has 1 aliphatic carbocycles. The van der Waals surface area contributed by atoms with Crippen LogP contribution in [0.25, 0.3) is 0 Å². The van der Waals surface area contributed by atoms with Gasteiger partial charge in [0.2, 0.25) is 5.91 Å². The maximum Gasteiger partial charge on any atom is 0.407 e. The highest BCUT2D eigenvalue weighted by molar-refractivity contribution is 5.77. The van der Waals surface area contributed by atoms with Crippen molar-refractivity contribution in [1.82, 2.24) is 15.5 Å². The van der Waals surface area contributed by atoms with Crippen LogP contribution in [0, 0.1) is 5.92 Å². The molecule has 2 aliphatic rings. The first-order valence-electron chi connectivity index (χ1n) is 13.0. The minimum atomic E-state index is -0.527. The third-order valence-electron chi connectivity index (χ3n) is 5.69. The van der Waals surface area contributed by atoms with Gasteiger partial charge in [0.05, 0.1) is 26.4 Å². The molecule has 0 saturated carbocycles. The summed E-state index contributed by atoms with van der Waals surface area (Å²) in [6, 6.07) is 0.434. The molecule has 2 atom stereocenters. The second-order valence-electron chi connectivity index (χ2n) is 10.3. The van der Waals surface area contributed by atoms with E-state index in [0.29, 0.717) is 44.9 Å². The first-order chi connectivity index (χ1) is 17.1. The maximum absolute atomic E-state index is 12.0. The van der Waals surface area contributed by atoms with Crippen molar-refractivity contribution in [2.45, 2.75) is 58.6 Å². The average Bonchev–Trinajstić information content (AvgIpc) is 3.20. The number of alkyl carbamates (subject to hydrolysis) is 1. The van der Waals surface area contributed by atoms with Gasteiger partial charge in [0.1, 0.15) is 24.6 Å². The molecule has 0 aromatic carbocycles. The van der Waals surface area contributed by atoms with Crippen molar-refractivity contribution >= 4 is 12.0 Å². The lowest BCUT2D eigenvalue weighted by Crippen LogP contribution is -2.34. The number of amides is 2. The molecule has 9 nitrogen and oxygen atoms in total. The molecule has 36 heavy (non-hydrogen) atoms. The molecule has 1 fully saturated rings. The number of rotatable bonds is 13. The van der Waals surface area contributed by atoms with E-state index in [1.807, 2.05) is 0 Å². The quantitative estimate of drug-likeness (QED) is 0.370. The van der Waals surface area contributed by atoms with Crippen LogP contribution in [0.4, 0.5) is 4.79 Å². The SMILES string of the molecule is C[C@H]1C=C(OCCNC(=O)COCCOCCNC(=O)OC(C)(C)C)C=C([C@@H]2CCCN2C)C=CC1. The highest BCUT2D eigenvalue weighted by atomic mass is 16.6. The van der Waals surface area contributed by atoms with Crippen LogP contribution in [-0.4, -0.2) is 88.3 Å². The molecule has 2 N–H and O–H groups in total. The molecule has 0 unspecified atom stereocenters. The lowest BCUT2D eigenvalue weighted by molar-refractivity contribution is -0.126. The van der Waals surface area contributed by atoms with Crippen LogP contribution in [0.5, 0.6) is 0 Å². The van der Waals surface area contributed by atoms with Crippen LogP contribution in [0.1, 0.15) is 47.0 Å². The van der Waals surface area contributed by atoms with E-state index < -0.39 is 11.7 Å². The summed E-state index contributed by atoms with van der Waals surface area (Å²) in [5.41, 5.74) is 0.758. The number of ether oxygens (including phenoxy) is 4. The third-order valence-corrected chi connectivity index (χ3v) is 5.69. The molecular formula is C27H45N3O6. The van der Waals surface area contributed by atoms with E-state index in [9.17, 15) is 9.59 Å². The van der Waals surface area contributed by atoms with Gasteiger partial charge < -0.3 is 29.6 Å². The summed E-state index contributed by atoms with van der Waals surface area (Å²) in [7, 11) is 2.17. The smallest absolute Gasteiger partial charge is 0.407 e. The predicted octanol–water partition coefficient (Wildman–Crippen LogP) is 3.18. The van der Waals surface area contributed by atoms with Crippen LogP contribution in [-0.2, 0) is 23.7 Å². The van der Waals surface area contributed by atoms with E-state index >= 15 is 0 Å². The van der Waals surface area contributed by atoms with Gasteiger partial charge in [0.15, 0.2) is 0 Å². The Labute approximate surface area is 216 Å². The monoisotopic (exact) mass is 507 g/mol. The number of nitrogens with zero attached hydrogens (tertiary/aromatic N) is 1. The lowest BCUT2D eigenvalue weighted by atomic mass is 9.97. The van der Waals surface area contributed by atoms with Crippen molar-refractivity contribution in [3.8, 4) is 0 Å². The second-order valence-corrected chi connectivity index (χ2v) is 10.3. The molecule has 1 aliphatic heterocycles. The van der Waals surface area contributed by atoms with Gasteiger partial charge in [-0.05, 0) is 77.3 Å². The second kappa shape index (κ2) is 15.7. The van der Waals surface area contributed by atoms with Crippen LogP contribution in [0.3, 0.4) is 0 Å². The molecule has 1 saturated heterocycles. The summed E-state index contributed by atoms with van der Waals surface area (Å²) < 4.78 is 21.9. The van der Waals surface area contributed by atoms with Crippen molar-refractivity contribution < 1.29 is 28.5 Å². The van der Waals surface area contributed by atoms with E-state index in [4.69, 9.17) is 18.9 Å². The van der Waals surface area contributed by atoms with Crippen molar-refractivity contribution in [3.63, 3.8) is 0 Å². The van der Waals surface area contributed by atoms with Crippen LogP contribution in [0.2, 0.25) is 0 Å². The number of hydrogen-bond donors (Lipinski definition) is 2. The molecule has 9 heteroatoms. The summed E-state index contributed by atoms with van der Waals surface area (Å²) in [4.78, 5) is 25.9. The lowest BCUT2D eigenvalue weighted by Gasteiger charge is -2.22. The number of hydrogen-bond acceptors (Lipinski definition) is 7. The van der Waals surface area contributed by atoms with Crippen molar-refractivity contribution in [1.29, 1.82) is 0 Å². The fourth-order valence-electron chi connectivity index (χ4n) is 3.99. The highest BCUT2D eigenvalue weighted by Crippen LogP contribution is 2.26. The molecule has 0 bridgehead atoms. The number of carbonyl (C=O) groups excluding carboxylic acids is 2. The Kier molecular flexibility index (Phi) is 13.0. The molecule has 2 amide bonds. The Morgan fingerprint density at radius 1 is 1.08 bits per heavy atom. The van der Waals surface area contributed by atoms with Gasteiger partial charge in [-0.25, -0.2) is 4.79 Å². The fraction of sp³-hybridized carbons (Fsp3) is 0.704. The maximum atomic E-state index is 12.0. The fourth-order valence-corrected chi connectivity index (χ4v) is 3.99. The first kappa shape index (κ1) is 29.9. The van der Waals surface area contributed by atoms with Gasteiger partial charge in [-0.15, -0.1) is 0 Å². The Bertz CT molecular complexity index is 787.